The molecule has 76 heavy (non-hydrogen) atoms. The van der Waals surface area contributed by atoms with Gasteiger partial charge < -0.3 is 89.5 Å². The lowest BCUT2D eigenvalue weighted by Crippen LogP contribution is -2.56. The number of amides is 7. The molecule has 0 spiro atoms. The van der Waals surface area contributed by atoms with E-state index in [1.807, 2.05) is 0 Å². The van der Waals surface area contributed by atoms with Gasteiger partial charge in [-0.2, -0.15) is 4.98 Å². The van der Waals surface area contributed by atoms with Crippen LogP contribution in [-0.2, 0) is 40.1 Å². The molecule has 0 fully saturated rings. The number of anilines is 2. The molecule has 1 aromatic carbocycles. The Kier molecular flexibility index (Phi) is 27.1. The third kappa shape index (κ3) is 23.0. The first-order valence-corrected chi connectivity index (χ1v) is 24.3. The normalized spacial score (nSPS) is 14.4. The SMILES string of the molecule is NC(=O)C(CCC(=O)NCCC(O)C(O)C(O)CO)NC(=O)C(CCCC(=O)O)NC(=O)C(CCC(=O)NCCC(O)CC(O)CO)NC(=O)CCCNC(=O)c1ccc(NCc2cnc3nc(N)[nH]c(=O)c3n2)cc1. The highest BCUT2D eigenvalue weighted by Crippen LogP contribution is 2.13. The molecule has 420 valence electrons. The number of nitrogen functional groups attached to an aromatic ring is 1. The van der Waals surface area contributed by atoms with Crippen LogP contribution in [0.4, 0.5) is 11.6 Å². The van der Waals surface area contributed by atoms with Crippen molar-refractivity contribution in [3.05, 3.63) is 52.1 Å². The van der Waals surface area contributed by atoms with Crippen LogP contribution < -0.4 is 54.2 Å². The second-order valence-corrected chi connectivity index (χ2v) is 17.6. The quantitative estimate of drug-likeness (QED) is 0.0241. The fourth-order valence-corrected chi connectivity index (χ4v) is 7.14. The average Bonchev–Trinajstić information content (AvgIpc) is 3.38. The monoisotopic (exact) mass is 1080 g/mol. The van der Waals surface area contributed by atoms with Crippen molar-refractivity contribution in [3.8, 4) is 0 Å². The van der Waals surface area contributed by atoms with Gasteiger partial charge in [0.1, 0.15) is 30.3 Å². The molecular formula is C46H69N13O17. The number of hydrogen-bond acceptors (Lipinski definition) is 21. The summed E-state index contributed by atoms with van der Waals surface area (Å²) in [5.41, 5.74) is 11.9. The number of aliphatic carboxylic acids is 1. The van der Waals surface area contributed by atoms with Crippen molar-refractivity contribution in [2.45, 2.75) is 132 Å². The van der Waals surface area contributed by atoms with Crippen molar-refractivity contribution in [3.63, 3.8) is 0 Å². The number of hydrogen-bond donors (Lipinski definition) is 18. The molecule has 30 heteroatoms. The van der Waals surface area contributed by atoms with Crippen LogP contribution in [0, 0.1) is 0 Å². The van der Waals surface area contributed by atoms with Gasteiger partial charge in [0.25, 0.3) is 11.5 Å². The third-order valence-electron chi connectivity index (χ3n) is 11.4. The van der Waals surface area contributed by atoms with Gasteiger partial charge in [-0.25, -0.2) is 9.97 Å². The molecule has 0 saturated heterocycles. The minimum absolute atomic E-state index is 0.00272. The number of aliphatic hydroxyl groups excluding tert-OH is 7. The Labute approximate surface area is 434 Å². The van der Waals surface area contributed by atoms with Crippen LogP contribution in [0.25, 0.3) is 11.2 Å². The van der Waals surface area contributed by atoms with Gasteiger partial charge in [0.05, 0.1) is 50.0 Å². The Morgan fingerprint density at radius 3 is 1.88 bits per heavy atom. The number of fused-ring (bicyclic) bond motifs is 1. The standard InChI is InChI=1S/C46H69N13O17/c47-40(72)29(10-12-34(66)50-18-15-32(64)39(71)33(65)23-61)56-43(74)30(3-1-5-37(69)70)57-44(75)31(11-13-35(67)49-17-14-27(62)19-28(63)22-60)55-36(68)4-2-16-51-42(73)24-6-8-25(9-7-24)52-20-26-21-53-41-38(54-26)45(76)59-46(48)58-41/h6-9,21,27-33,39,52,60-65,71H,1-5,10-20,22-23H2,(H2,47,72)(H,49,67)(H,50,66)(H,51,73)(H,55,68)(H,56,74)(H,57,75)(H,69,70)(H3,48,53,58,59,76). The van der Waals surface area contributed by atoms with Crippen LogP contribution in [0.2, 0.25) is 0 Å². The predicted octanol–water partition coefficient (Wildman–Crippen LogP) is -5.64. The number of nitrogens with one attached hydrogen (secondary N) is 8. The second-order valence-electron chi connectivity index (χ2n) is 17.6. The third-order valence-corrected chi connectivity index (χ3v) is 11.4. The summed E-state index contributed by atoms with van der Waals surface area (Å²) < 4.78 is 0. The number of benzene rings is 1. The van der Waals surface area contributed by atoms with E-state index in [1.54, 1.807) is 24.3 Å². The van der Waals surface area contributed by atoms with Gasteiger partial charge in [-0.05, 0) is 69.2 Å². The van der Waals surface area contributed by atoms with E-state index in [-0.39, 0.29) is 113 Å². The zero-order chi connectivity index (χ0) is 56.3. The highest BCUT2D eigenvalue weighted by molar-refractivity contribution is 5.95. The van der Waals surface area contributed by atoms with Crippen molar-refractivity contribution in [1.82, 2.24) is 51.8 Å². The first-order chi connectivity index (χ1) is 36.1. The fourth-order valence-electron chi connectivity index (χ4n) is 7.14. The topological polar surface area (TPSA) is 506 Å². The van der Waals surface area contributed by atoms with Crippen molar-refractivity contribution in [1.29, 1.82) is 0 Å². The van der Waals surface area contributed by atoms with E-state index in [4.69, 9.17) is 21.7 Å². The molecule has 2 aromatic heterocycles. The zero-order valence-electron chi connectivity index (χ0n) is 41.5. The summed E-state index contributed by atoms with van der Waals surface area (Å²) in [6.07, 6.45) is -8.58. The largest absolute Gasteiger partial charge is 0.481 e. The zero-order valence-corrected chi connectivity index (χ0v) is 41.5. The summed E-state index contributed by atoms with van der Waals surface area (Å²) in [7, 11) is 0. The number of aromatic nitrogens is 4. The summed E-state index contributed by atoms with van der Waals surface area (Å²) >= 11 is 0. The lowest BCUT2D eigenvalue weighted by atomic mass is 10.0. The van der Waals surface area contributed by atoms with Crippen LogP contribution >= 0.6 is 0 Å². The van der Waals surface area contributed by atoms with E-state index < -0.39 is 128 Å². The minimum atomic E-state index is -1.69. The van der Waals surface area contributed by atoms with Gasteiger partial charge in [-0.3, -0.25) is 48.1 Å². The summed E-state index contributed by atoms with van der Waals surface area (Å²) in [6.45, 7) is -1.47. The Morgan fingerprint density at radius 1 is 0.645 bits per heavy atom. The maximum Gasteiger partial charge on any atom is 0.303 e. The first-order valence-electron chi connectivity index (χ1n) is 24.3. The van der Waals surface area contributed by atoms with Gasteiger partial charge >= 0.3 is 5.97 Å². The first kappa shape index (κ1) is 62.8. The van der Waals surface area contributed by atoms with Gasteiger partial charge in [0, 0.05) is 63.0 Å². The summed E-state index contributed by atoms with van der Waals surface area (Å²) in [6, 6.07) is 1.81. The number of carbonyl (C=O) groups is 8. The van der Waals surface area contributed by atoms with Crippen molar-refractivity contribution in [2.24, 2.45) is 5.73 Å². The number of carbonyl (C=O) groups excluding carboxylic acids is 7. The number of carboxylic acid groups (broad SMARTS) is 1. The summed E-state index contributed by atoms with van der Waals surface area (Å²) in [4.78, 5) is 130. The van der Waals surface area contributed by atoms with Gasteiger partial charge in [0.2, 0.25) is 41.4 Å². The highest BCUT2D eigenvalue weighted by Gasteiger charge is 2.30. The number of nitrogens with zero attached hydrogens (tertiary/aromatic N) is 3. The van der Waals surface area contributed by atoms with E-state index in [0.29, 0.717) is 11.4 Å². The van der Waals surface area contributed by atoms with Crippen molar-refractivity contribution in [2.75, 3.05) is 43.9 Å². The number of aromatic amines is 1. The van der Waals surface area contributed by atoms with E-state index in [0.717, 1.165) is 0 Å². The number of carboxylic acids is 1. The molecule has 8 atom stereocenters. The van der Waals surface area contributed by atoms with E-state index in [9.17, 15) is 73.8 Å². The van der Waals surface area contributed by atoms with Crippen LogP contribution in [0.3, 0.4) is 0 Å². The number of aliphatic hydroxyl groups is 7. The Bertz CT molecular complexity index is 2470. The molecule has 7 amide bonds. The minimum Gasteiger partial charge on any atom is -0.481 e. The molecule has 0 bridgehead atoms. The lowest BCUT2D eigenvalue weighted by molar-refractivity contribution is -0.137. The van der Waals surface area contributed by atoms with Crippen molar-refractivity contribution >= 4 is 70.1 Å². The predicted molar refractivity (Wildman–Crippen MR) is 267 cm³/mol. The lowest BCUT2D eigenvalue weighted by Gasteiger charge is -2.25. The Hall–Kier alpha value is -7.48. The van der Waals surface area contributed by atoms with Crippen LogP contribution in [0.1, 0.15) is 93.1 Å². The molecule has 2 heterocycles. The summed E-state index contributed by atoms with van der Waals surface area (Å²) in [5, 5.41) is 94.2. The molecule has 0 aliphatic rings. The Morgan fingerprint density at radius 2 is 1.26 bits per heavy atom. The smallest absolute Gasteiger partial charge is 0.303 e. The van der Waals surface area contributed by atoms with Gasteiger partial charge in [-0.1, -0.05) is 0 Å². The second kappa shape index (κ2) is 32.7. The van der Waals surface area contributed by atoms with Crippen molar-refractivity contribution < 1.29 is 79.2 Å². The maximum absolute atomic E-state index is 13.9. The van der Waals surface area contributed by atoms with Gasteiger partial charge in [-0.15, -0.1) is 0 Å². The van der Waals surface area contributed by atoms with E-state index in [2.05, 4.69) is 57.2 Å². The fraction of sp³-hybridized carbons (Fsp3) is 0.565. The van der Waals surface area contributed by atoms with Crippen LogP contribution in [-0.4, -0.2) is 190 Å². The highest BCUT2D eigenvalue weighted by atomic mass is 16.4. The Balaban J connectivity index is 1.63. The molecule has 30 nitrogen and oxygen atoms in total. The molecule has 0 radical (unpaired) electrons. The van der Waals surface area contributed by atoms with Gasteiger partial charge in [0.15, 0.2) is 11.2 Å². The molecule has 3 aromatic rings. The number of H-pyrrole nitrogens is 1. The molecule has 0 saturated carbocycles. The number of nitrogens with two attached hydrogens (primary N) is 2. The molecule has 0 aliphatic heterocycles. The molecule has 3 rings (SSSR count). The van der Waals surface area contributed by atoms with E-state index in [1.165, 1.54) is 6.20 Å². The molecular weight excluding hydrogens is 1010 g/mol. The maximum atomic E-state index is 13.9. The van der Waals surface area contributed by atoms with Crippen LogP contribution in [0.5, 0.6) is 0 Å². The number of primary amides is 1. The van der Waals surface area contributed by atoms with Crippen LogP contribution in [0.15, 0.2) is 35.3 Å². The van der Waals surface area contributed by atoms with E-state index >= 15 is 0 Å². The average molecular weight is 1080 g/mol. The number of rotatable bonds is 36. The molecule has 0 aliphatic carbocycles. The summed E-state index contributed by atoms with van der Waals surface area (Å²) in [5.74, 6) is -6.89. The molecule has 20 N–H and O–H groups in total. The molecule has 8 unspecified atom stereocenters.